The summed E-state index contributed by atoms with van der Waals surface area (Å²) in [6.07, 6.45) is 3.61. The molecule has 5 nitrogen and oxygen atoms in total. The fraction of sp³-hybridized carbons (Fsp3) is 0.632. The lowest BCUT2D eigenvalue weighted by Gasteiger charge is -2.33. The van der Waals surface area contributed by atoms with Crippen LogP contribution in [0.5, 0.6) is 11.5 Å². The Morgan fingerprint density at radius 2 is 1.76 bits per heavy atom. The summed E-state index contributed by atoms with van der Waals surface area (Å²) in [5.74, 6) is 3.54. The van der Waals surface area contributed by atoms with Crippen molar-refractivity contribution in [3.63, 3.8) is 0 Å². The molecule has 0 aliphatic carbocycles. The average Bonchev–Trinajstić information content (AvgIpc) is 3.05. The molecule has 2 aliphatic heterocycles. The summed E-state index contributed by atoms with van der Waals surface area (Å²) >= 11 is 1.97. The number of nitrogens with zero attached hydrogens (tertiary/aromatic N) is 2. The number of hydrogen-bond acceptors (Lipinski definition) is 5. The van der Waals surface area contributed by atoms with Crippen LogP contribution >= 0.6 is 11.8 Å². The van der Waals surface area contributed by atoms with E-state index < -0.39 is 0 Å². The number of thioether (sulfide) groups is 1. The molecule has 0 N–H and O–H groups in total. The molecule has 0 saturated carbocycles. The smallest absolute Gasteiger partial charge is 0.254 e. The van der Waals surface area contributed by atoms with E-state index in [4.69, 9.17) is 9.47 Å². The Hall–Kier alpha value is -1.40. The lowest BCUT2D eigenvalue weighted by molar-refractivity contribution is 0.0666. The molecule has 0 spiro atoms. The highest BCUT2D eigenvalue weighted by atomic mass is 32.2. The van der Waals surface area contributed by atoms with Crippen LogP contribution in [-0.4, -0.2) is 73.7 Å². The van der Waals surface area contributed by atoms with Crippen LogP contribution in [0, 0.1) is 0 Å². The molecule has 25 heavy (non-hydrogen) atoms. The molecule has 3 rings (SSSR count). The van der Waals surface area contributed by atoms with Crippen molar-refractivity contribution in [3.8, 4) is 11.5 Å². The van der Waals surface area contributed by atoms with Crippen molar-refractivity contribution in [3.05, 3.63) is 23.8 Å². The lowest BCUT2D eigenvalue weighted by Crippen LogP contribution is -2.47. The zero-order valence-corrected chi connectivity index (χ0v) is 16.0. The van der Waals surface area contributed by atoms with E-state index >= 15 is 0 Å². The first-order chi connectivity index (χ1) is 12.2. The summed E-state index contributed by atoms with van der Waals surface area (Å²) in [7, 11) is 3.23. The molecule has 1 atom stereocenters. The van der Waals surface area contributed by atoms with Gasteiger partial charge in [-0.05, 0) is 50.2 Å². The first kappa shape index (κ1) is 18.4. The second-order valence-electron chi connectivity index (χ2n) is 6.69. The molecule has 2 aliphatic rings. The molecule has 1 aromatic rings. The van der Waals surface area contributed by atoms with Gasteiger partial charge in [0.25, 0.3) is 5.91 Å². The zero-order valence-electron chi connectivity index (χ0n) is 15.2. The number of hydrogen-bond donors (Lipinski definition) is 0. The van der Waals surface area contributed by atoms with Crippen LogP contribution in [0.2, 0.25) is 0 Å². The van der Waals surface area contributed by atoms with Crippen LogP contribution in [0.3, 0.4) is 0 Å². The van der Waals surface area contributed by atoms with Gasteiger partial charge in [-0.15, -0.1) is 0 Å². The molecule has 6 heteroatoms. The van der Waals surface area contributed by atoms with Gasteiger partial charge in [0.05, 0.1) is 20.3 Å². The Morgan fingerprint density at radius 3 is 2.40 bits per heavy atom. The number of methoxy groups -OCH3 is 2. The number of carbonyl (C=O) groups excluding carboxylic acids is 1. The second kappa shape index (κ2) is 8.81. The van der Waals surface area contributed by atoms with Crippen LogP contribution in [0.15, 0.2) is 18.2 Å². The summed E-state index contributed by atoms with van der Waals surface area (Å²) in [5, 5.41) is 0. The molecule has 2 heterocycles. The lowest BCUT2D eigenvalue weighted by atomic mass is 10.1. The maximum atomic E-state index is 13.3. The van der Waals surface area contributed by atoms with Gasteiger partial charge in [-0.2, -0.15) is 11.8 Å². The summed E-state index contributed by atoms with van der Waals surface area (Å²) in [6.45, 7) is 4.13. The number of amides is 1. The quantitative estimate of drug-likeness (QED) is 0.804. The van der Waals surface area contributed by atoms with Crippen LogP contribution in [-0.2, 0) is 0 Å². The van der Waals surface area contributed by atoms with E-state index in [0.29, 0.717) is 17.1 Å². The Labute approximate surface area is 154 Å². The monoisotopic (exact) mass is 364 g/mol. The van der Waals surface area contributed by atoms with Crippen LogP contribution < -0.4 is 9.47 Å². The molecule has 0 aromatic heterocycles. The molecule has 0 radical (unpaired) electrons. The summed E-state index contributed by atoms with van der Waals surface area (Å²) in [4.78, 5) is 17.8. The highest BCUT2D eigenvalue weighted by Crippen LogP contribution is 2.26. The molecule has 1 aromatic carbocycles. The van der Waals surface area contributed by atoms with Crippen LogP contribution in [0.25, 0.3) is 0 Å². The third kappa shape index (κ3) is 4.61. The Bertz CT molecular complexity index is 568. The van der Waals surface area contributed by atoms with E-state index in [1.54, 1.807) is 20.3 Å². The standard InChI is InChI=1S/C19H28N2O3S/c1-23-17-10-15(11-18(12-17)24-2)19(22)21-8-5-9-25-14-16(21)13-20-6-3-4-7-20/h10-12,16H,3-9,13-14H2,1-2H3. The summed E-state index contributed by atoms with van der Waals surface area (Å²) in [5.41, 5.74) is 0.648. The largest absolute Gasteiger partial charge is 0.497 e. The van der Waals surface area contributed by atoms with Gasteiger partial charge in [-0.25, -0.2) is 0 Å². The normalized spacial score (nSPS) is 21.8. The van der Waals surface area contributed by atoms with E-state index in [1.165, 1.54) is 12.8 Å². The zero-order chi connectivity index (χ0) is 17.6. The predicted octanol–water partition coefficient (Wildman–Crippen LogP) is 2.75. The second-order valence-corrected chi connectivity index (χ2v) is 7.84. The number of carbonyl (C=O) groups is 1. The Kier molecular flexibility index (Phi) is 6.48. The maximum absolute atomic E-state index is 13.3. The Morgan fingerprint density at radius 1 is 1.08 bits per heavy atom. The van der Waals surface area contributed by atoms with E-state index in [0.717, 1.165) is 44.1 Å². The molecule has 0 bridgehead atoms. The molecular weight excluding hydrogens is 336 g/mol. The number of likely N-dealkylation sites (tertiary alicyclic amines) is 1. The van der Waals surface area contributed by atoms with Crippen molar-refractivity contribution in [1.29, 1.82) is 0 Å². The molecule has 138 valence electrons. The van der Waals surface area contributed by atoms with Crippen molar-refractivity contribution in [2.45, 2.75) is 25.3 Å². The van der Waals surface area contributed by atoms with Gasteiger partial charge in [0, 0.05) is 30.5 Å². The fourth-order valence-electron chi connectivity index (χ4n) is 3.61. The van der Waals surface area contributed by atoms with Crippen molar-refractivity contribution in [2.24, 2.45) is 0 Å². The number of rotatable bonds is 5. The fourth-order valence-corrected chi connectivity index (χ4v) is 4.66. The van der Waals surface area contributed by atoms with Crippen molar-refractivity contribution >= 4 is 17.7 Å². The average molecular weight is 365 g/mol. The third-order valence-corrected chi connectivity index (χ3v) is 6.16. The van der Waals surface area contributed by atoms with E-state index in [1.807, 2.05) is 23.9 Å². The molecule has 1 amide bonds. The van der Waals surface area contributed by atoms with Crippen LogP contribution in [0.4, 0.5) is 0 Å². The first-order valence-electron chi connectivity index (χ1n) is 9.05. The van der Waals surface area contributed by atoms with E-state index in [2.05, 4.69) is 9.80 Å². The molecular formula is C19H28N2O3S. The van der Waals surface area contributed by atoms with Gasteiger partial charge in [-0.3, -0.25) is 4.79 Å². The van der Waals surface area contributed by atoms with Crippen molar-refractivity contribution in [1.82, 2.24) is 9.80 Å². The minimum atomic E-state index is 0.0869. The summed E-state index contributed by atoms with van der Waals surface area (Å²) < 4.78 is 10.7. The van der Waals surface area contributed by atoms with E-state index in [9.17, 15) is 4.79 Å². The Balaban J connectivity index is 1.81. The van der Waals surface area contributed by atoms with Crippen molar-refractivity contribution in [2.75, 3.05) is 51.9 Å². The molecule has 2 saturated heterocycles. The van der Waals surface area contributed by atoms with Crippen LogP contribution in [0.1, 0.15) is 29.6 Å². The van der Waals surface area contributed by atoms with Crippen molar-refractivity contribution < 1.29 is 14.3 Å². The minimum Gasteiger partial charge on any atom is -0.497 e. The first-order valence-corrected chi connectivity index (χ1v) is 10.2. The molecule has 1 unspecified atom stereocenters. The van der Waals surface area contributed by atoms with Gasteiger partial charge in [0.1, 0.15) is 11.5 Å². The van der Waals surface area contributed by atoms with Gasteiger partial charge in [0.2, 0.25) is 0 Å². The highest BCUT2D eigenvalue weighted by Gasteiger charge is 2.29. The summed E-state index contributed by atoms with van der Waals surface area (Å²) in [6, 6.07) is 5.71. The number of ether oxygens (including phenoxy) is 2. The SMILES string of the molecule is COc1cc(OC)cc(C(=O)N2CCCSCC2CN2CCCC2)c1. The van der Waals surface area contributed by atoms with Gasteiger partial charge >= 0.3 is 0 Å². The topological polar surface area (TPSA) is 42.0 Å². The maximum Gasteiger partial charge on any atom is 0.254 e. The highest BCUT2D eigenvalue weighted by molar-refractivity contribution is 7.99. The predicted molar refractivity (Wildman–Crippen MR) is 102 cm³/mol. The van der Waals surface area contributed by atoms with Gasteiger partial charge in [0.15, 0.2) is 0 Å². The van der Waals surface area contributed by atoms with E-state index in [-0.39, 0.29) is 11.9 Å². The minimum absolute atomic E-state index is 0.0869. The van der Waals surface area contributed by atoms with Gasteiger partial charge in [-0.1, -0.05) is 0 Å². The number of benzene rings is 1. The third-order valence-electron chi connectivity index (χ3n) is 4.97. The molecule has 2 fully saturated rings. The van der Waals surface area contributed by atoms with Gasteiger partial charge < -0.3 is 19.3 Å².